The molecule has 1 aliphatic heterocycles. The molecule has 2 heterocycles. The van der Waals surface area contributed by atoms with Gasteiger partial charge in [-0.3, -0.25) is 9.69 Å². The Morgan fingerprint density at radius 3 is 2.67 bits per heavy atom. The predicted octanol–water partition coefficient (Wildman–Crippen LogP) is 0.191. The number of hydrogen-bond donors (Lipinski definition) is 1. The van der Waals surface area contributed by atoms with Crippen LogP contribution in [0.2, 0.25) is 0 Å². The van der Waals surface area contributed by atoms with Crippen LogP contribution in [0.5, 0.6) is 0 Å². The van der Waals surface area contributed by atoms with E-state index in [9.17, 15) is 9.90 Å². The molecule has 0 radical (unpaired) electrons. The summed E-state index contributed by atoms with van der Waals surface area (Å²) in [4.78, 5) is 16.9. The molecule has 128 valence electrons. The van der Waals surface area contributed by atoms with Gasteiger partial charge in [-0.05, 0) is 29.0 Å². The summed E-state index contributed by atoms with van der Waals surface area (Å²) >= 11 is 0. The number of hydrogen-bond acceptors (Lipinski definition) is 6. The lowest BCUT2D eigenvalue weighted by Gasteiger charge is -2.35. The fourth-order valence-electron chi connectivity index (χ4n) is 2.86. The summed E-state index contributed by atoms with van der Waals surface area (Å²) in [5.74, 6) is -0.0169. The third-order valence-electron chi connectivity index (χ3n) is 4.33. The molecule has 0 spiro atoms. The van der Waals surface area contributed by atoms with Crippen molar-refractivity contribution in [1.29, 1.82) is 0 Å². The van der Waals surface area contributed by atoms with E-state index >= 15 is 0 Å². The molecule has 8 nitrogen and oxygen atoms in total. The number of nitrogens with zero attached hydrogens (tertiary/aromatic N) is 6. The van der Waals surface area contributed by atoms with E-state index in [1.54, 1.807) is 6.07 Å². The molecular formula is C16H22N6O2. The van der Waals surface area contributed by atoms with Gasteiger partial charge >= 0.3 is 0 Å². The van der Waals surface area contributed by atoms with Crippen LogP contribution in [0.3, 0.4) is 0 Å². The normalized spacial score (nSPS) is 17.0. The number of aromatic nitrogens is 4. The van der Waals surface area contributed by atoms with Crippen LogP contribution in [0.4, 0.5) is 0 Å². The van der Waals surface area contributed by atoms with Crippen LogP contribution < -0.4 is 0 Å². The molecule has 1 saturated heterocycles. The minimum Gasteiger partial charge on any atom is -0.392 e. The predicted molar refractivity (Wildman–Crippen MR) is 87.8 cm³/mol. The number of carbonyl (C=O) groups is 1. The van der Waals surface area contributed by atoms with Gasteiger partial charge in [-0.2, -0.15) is 4.68 Å². The molecule has 1 atom stereocenters. The van der Waals surface area contributed by atoms with Crippen molar-refractivity contribution < 1.29 is 9.90 Å². The Morgan fingerprint density at radius 1 is 1.25 bits per heavy atom. The van der Waals surface area contributed by atoms with E-state index in [0.717, 1.165) is 19.5 Å². The topological polar surface area (TPSA) is 87.4 Å². The van der Waals surface area contributed by atoms with Gasteiger partial charge in [0.25, 0.3) is 5.91 Å². The molecule has 0 unspecified atom stereocenters. The Morgan fingerprint density at radius 2 is 2.00 bits per heavy atom. The third-order valence-corrected chi connectivity index (χ3v) is 4.33. The van der Waals surface area contributed by atoms with E-state index in [4.69, 9.17) is 0 Å². The molecule has 1 fully saturated rings. The summed E-state index contributed by atoms with van der Waals surface area (Å²) in [7, 11) is 0. The first-order valence-corrected chi connectivity index (χ1v) is 8.21. The average molecular weight is 330 g/mol. The monoisotopic (exact) mass is 330 g/mol. The Hall–Kier alpha value is -2.32. The molecule has 1 aliphatic rings. The molecule has 8 heteroatoms. The summed E-state index contributed by atoms with van der Waals surface area (Å²) < 4.78 is 1.50. The number of tetrazole rings is 1. The maximum Gasteiger partial charge on any atom is 0.256 e. The molecule has 3 rings (SSSR count). The molecule has 1 amide bonds. The van der Waals surface area contributed by atoms with Crippen LogP contribution in [0.25, 0.3) is 5.69 Å². The third kappa shape index (κ3) is 3.60. The minimum atomic E-state index is -0.298. The molecule has 0 saturated carbocycles. The molecule has 1 aromatic heterocycles. The number of β-amino-alcohol motifs (C(OH)–C–C–N with tert-alkyl or cyclic N) is 1. The van der Waals surface area contributed by atoms with Crippen molar-refractivity contribution in [3.05, 3.63) is 36.2 Å². The Labute approximate surface area is 140 Å². The molecule has 24 heavy (non-hydrogen) atoms. The van der Waals surface area contributed by atoms with E-state index in [-0.39, 0.29) is 12.0 Å². The average Bonchev–Trinajstić information content (AvgIpc) is 3.16. The second-order valence-corrected chi connectivity index (χ2v) is 5.93. The first-order valence-electron chi connectivity index (χ1n) is 8.21. The van der Waals surface area contributed by atoms with Crippen LogP contribution in [-0.4, -0.2) is 79.8 Å². The van der Waals surface area contributed by atoms with E-state index in [0.29, 0.717) is 30.9 Å². The zero-order valence-electron chi connectivity index (χ0n) is 13.7. The van der Waals surface area contributed by atoms with Crippen molar-refractivity contribution in [2.24, 2.45) is 0 Å². The molecule has 0 aliphatic carbocycles. The van der Waals surface area contributed by atoms with Crippen LogP contribution in [-0.2, 0) is 0 Å². The largest absolute Gasteiger partial charge is 0.392 e. The van der Waals surface area contributed by atoms with Gasteiger partial charge < -0.3 is 10.0 Å². The summed E-state index contributed by atoms with van der Waals surface area (Å²) in [5, 5.41) is 20.9. The first kappa shape index (κ1) is 16.5. The van der Waals surface area contributed by atoms with E-state index in [2.05, 4.69) is 20.4 Å². The first-order chi connectivity index (χ1) is 11.7. The van der Waals surface area contributed by atoms with Gasteiger partial charge in [0.1, 0.15) is 6.33 Å². The van der Waals surface area contributed by atoms with Gasteiger partial charge in [0, 0.05) is 32.7 Å². The van der Waals surface area contributed by atoms with Gasteiger partial charge in [-0.1, -0.05) is 19.1 Å². The van der Waals surface area contributed by atoms with Crippen LogP contribution in [0.1, 0.15) is 23.7 Å². The number of amides is 1. The highest BCUT2D eigenvalue weighted by atomic mass is 16.3. The van der Waals surface area contributed by atoms with Gasteiger partial charge in [-0.15, -0.1) is 5.10 Å². The summed E-state index contributed by atoms with van der Waals surface area (Å²) in [6, 6.07) is 7.33. The van der Waals surface area contributed by atoms with Crippen molar-refractivity contribution in [2.45, 2.75) is 19.4 Å². The highest BCUT2D eigenvalue weighted by Gasteiger charge is 2.25. The maximum absolute atomic E-state index is 12.9. The number of para-hydroxylation sites is 1. The summed E-state index contributed by atoms with van der Waals surface area (Å²) in [6.07, 6.45) is 1.93. The maximum atomic E-state index is 12.9. The lowest BCUT2D eigenvalue weighted by atomic mass is 10.1. The number of benzene rings is 1. The highest BCUT2D eigenvalue weighted by molar-refractivity contribution is 5.97. The van der Waals surface area contributed by atoms with E-state index in [1.165, 1.54) is 11.0 Å². The number of aliphatic hydroxyl groups is 1. The standard InChI is InChI=1S/C16H22N6O2/c1-2-13(23)11-20-7-9-21(10-8-20)16(24)14-5-3-4-6-15(14)22-12-17-18-19-22/h3-6,12-13,23H,2,7-11H2,1H3/t13-/m0/s1. The van der Waals surface area contributed by atoms with Gasteiger partial charge in [-0.25, -0.2) is 0 Å². The van der Waals surface area contributed by atoms with Crippen molar-refractivity contribution >= 4 is 5.91 Å². The van der Waals surface area contributed by atoms with Crippen molar-refractivity contribution in [3.8, 4) is 5.69 Å². The summed E-state index contributed by atoms with van der Waals surface area (Å²) in [6.45, 7) is 5.49. The van der Waals surface area contributed by atoms with Gasteiger partial charge in [0.05, 0.1) is 17.4 Å². The van der Waals surface area contributed by atoms with Gasteiger partial charge in [0.2, 0.25) is 0 Å². The smallest absolute Gasteiger partial charge is 0.256 e. The molecular weight excluding hydrogens is 308 g/mol. The molecule has 2 aromatic rings. The lowest BCUT2D eigenvalue weighted by Crippen LogP contribution is -2.50. The second-order valence-electron chi connectivity index (χ2n) is 5.93. The SMILES string of the molecule is CC[C@H](O)CN1CCN(C(=O)c2ccccc2-n2cnnn2)CC1. The van der Waals surface area contributed by atoms with Gasteiger partial charge in [0.15, 0.2) is 0 Å². The number of rotatable bonds is 5. The van der Waals surface area contributed by atoms with Crippen LogP contribution in [0, 0.1) is 0 Å². The van der Waals surface area contributed by atoms with E-state index in [1.807, 2.05) is 30.0 Å². The zero-order valence-corrected chi connectivity index (χ0v) is 13.7. The Kier molecular flexibility index (Phi) is 5.17. The molecule has 1 N–H and O–H groups in total. The van der Waals surface area contributed by atoms with Crippen LogP contribution in [0.15, 0.2) is 30.6 Å². The number of aliphatic hydroxyl groups excluding tert-OH is 1. The quantitative estimate of drug-likeness (QED) is 0.842. The Balaban J connectivity index is 1.68. The van der Waals surface area contributed by atoms with Crippen molar-refractivity contribution in [1.82, 2.24) is 30.0 Å². The summed E-state index contributed by atoms with van der Waals surface area (Å²) in [5.41, 5.74) is 1.27. The number of carbonyl (C=O) groups excluding carboxylic acids is 1. The highest BCUT2D eigenvalue weighted by Crippen LogP contribution is 2.16. The fourth-order valence-corrected chi connectivity index (χ4v) is 2.86. The number of piperazine rings is 1. The zero-order chi connectivity index (χ0) is 16.9. The molecule has 1 aromatic carbocycles. The van der Waals surface area contributed by atoms with E-state index < -0.39 is 0 Å². The molecule has 0 bridgehead atoms. The van der Waals surface area contributed by atoms with Crippen molar-refractivity contribution in [3.63, 3.8) is 0 Å². The minimum absolute atomic E-state index is 0.0169. The van der Waals surface area contributed by atoms with Crippen molar-refractivity contribution in [2.75, 3.05) is 32.7 Å². The fraction of sp³-hybridized carbons (Fsp3) is 0.500. The Bertz CT molecular complexity index is 667. The van der Waals surface area contributed by atoms with Crippen LogP contribution >= 0.6 is 0 Å². The second kappa shape index (κ2) is 7.50. The lowest BCUT2D eigenvalue weighted by molar-refractivity contribution is 0.0523.